The van der Waals surface area contributed by atoms with Crippen LogP contribution in [0.3, 0.4) is 0 Å². The van der Waals surface area contributed by atoms with Gasteiger partial charge in [0.2, 0.25) is 11.8 Å². The number of pyridine rings is 1. The Morgan fingerprint density at radius 1 is 1.28 bits per heavy atom. The van der Waals surface area contributed by atoms with Crippen molar-refractivity contribution in [3.63, 3.8) is 0 Å². The van der Waals surface area contributed by atoms with E-state index in [1.165, 1.54) is 17.3 Å². The average Bonchev–Trinajstić information content (AvgIpc) is 3.24. The van der Waals surface area contributed by atoms with Gasteiger partial charge in [0.15, 0.2) is 5.82 Å². The van der Waals surface area contributed by atoms with Crippen LogP contribution < -0.4 is 10.2 Å². The maximum atomic E-state index is 12.9. The Hall–Kier alpha value is -3.41. The van der Waals surface area contributed by atoms with E-state index in [1.54, 1.807) is 23.2 Å². The number of alkyl halides is 3. The van der Waals surface area contributed by atoms with Crippen LogP contribution in [0.4, 0.5) is 19.0 Å². The number of carbonyl (C=O) groups excluding carboxylic acids is 2. The van der Waals surface area contributed by atoms with Crippen molar-refractivity contribution in [2.24, 2.45) is 5.92 Å². The number of aromatic nitrogens is 4. The number of H-pyrrole nitrogens is 1. The van der Waals surface area contributed by atoms with E-state index in [0.29, 0.717) is 39.8 Å². The molecule has 3 aromatic heterocycles. The topological polar surface area (TPSA) is 107 Å². The fourth-order valence-electron chi connectivity index (χ4n) is 4.09. The Bertz CT molecular complexity index is 1260. The molecule has 2 N–H and O–H groups in total. The Morgan fingerprint density at radius 2 is 2.06 bits per heavy atom. The predicted octanol–water partition coefficient (Wildman–Crippen LogP) is 3.42. The molecule has 4 rings (SSSR count). The van der Waals surface area contributed by atoms with E-state index in [0.717, 1.165) is 0 Å². The van der Waals surface area contributed by atoms with Crippen LogP contribution in [0, 0.1) is 5.92 Å². The molecular weight excluding hydrogens is 499 g/mol. The van der Waals surface area contributed by atoms with E-state index in [1.807, 2.05) is 19.2 Å². The monoisotopic (exact) mass is 523 g/mol. The van der Waals surface area contributed by atoms with Crippen LogP contribution in [0.1, 0.15) is 20.3 Å². The molecule has 4 heterocycles. The molecule has 0 bridgehead atoms. The molecule has 0 spiro atoms. The summed E-state index contributed by atoms with van der Waals surface area (Å²) >= 11 is 6.09. The van der Waals surface area contributed by atoms with Crippen LogP contribution in [0.5, 0.6) is 0 Å². The minimum absolute atomic E-state index is 0.0544. The van der Waals surface area contributed by atoms with Crippen molar-refractivity contribution in [2.75, 3.05) is 31.1 Å². The quantitative estimate of drug-likeness (QED) is 0.513. The van der Waals surface area contributed by atoms with Gasteiger partial charge in [0.25, 0.3) is 0 Å². The summed E-state index contributed by atoms with van der Waals surface area (Å²) in [7, 11) is 0. The number of anilines is 1. The number of nitrogens with one attached hydrogen (secondary N) is 2. The zero-order chi connectivity index (χ0) is 26.0. The molecule has 1 aliphatic rings. The summed E-state index contributed by atoms with van der Waals surface area (Å²) in [4.78, 5) is 44.8. The number of hydrogen-bond acceptors (Lipinski definition) is 6. The molecule has 3 aromatic rings. The van der Waals surface area contributed by atoms with Crippen LogP contribution in [-0.4, -0.2) is 75.0 Å². The van der Waals surface area contributed by atoms with Crippen molar-refractivity contribution in [1.29, 1.82) is 0 Å². The summed E-state index contributed by atoms with van der Waals surface area (Å²) in [5, 5.41) is 3.08. The van der Waals surface area contributed by atoms with Gasteiger partial charge in [-0.2, -0.15) is 13.2 Å². The first-order chi connectivity index (χ1) is 17.0. The first kappa shape index (κ1) is 25.7. The van der Waals surface area contributed by atoms with Gasteiger partial charge in [0, 0.05) is 49.1 Å². The third-order valence-electron chi connectivity index (χ3n) is 5.76. The second-order valence-corrected chi connectivity index (χ2v) is 9.41. The summed E-state index contributed by atoms with van der Waals surface area (Å²) in [5.74, 6) is -0.193. The Labute approximate surface area is 210 Å². The van der Waals surface area contributed by atoms with E-state index >= 15 is 0 Å². The summed E-state index contributed by atoms with van der Waals surface area (Å²) in [6, 6.07) is 2.25. The van der Waals surface area contributed by atoms with E-state index in [9.17, 15) is 22.8 Å². The Kier molecular flexibility index (Phi) is 7.34. The molecule has 1 aliphatic heterocycles. The van der Waals surface area contributed by atoms with E-state index < -0.39 is 24.7 Å². The normalized spacial score (nSPS) is 16.6. The third-order valence-corrected chi connectivity index (χ3v) is 5.96. The molecular formula is C23H25ClF3N7O2. The van der Waals surface area contributed by atoms with Crippen molar-refractivity contribution < 1.29 is 22.8 Å². The molecule has 0 radical (unpaired) electrons. The molecule has 192 valence electrons. The van der Waals surface area contributed by atoms with Gasteiger partial charge in [0.05, 0.1) is 11.6 Å². The van der Waals surface area contributed by atoms with Crippen LogP contribution >= 0.6 is 11.6 Å². The minimum atomic E-state index is -4.56. The molecule has 1 fully saturated rings. The molecule has 0 unspecified atom stereocenters. The van der Waals surface area contributed by atoms with Crippen molar-refractivity contribution in [2.45, 2.75) is 32.5 Å². The Morgan fingerprint density at radius 3 is 2.78 bits per heavy atom. The number of halogens is 4. The fraction of sp³-hybridized carbons (Fsp3) is 0.435. The number of amides is 2. The first-order valence-corrected chi connectivity index (χ1v) is 11.7. The number of hydrogen-bond donors (Lipinski definition) is 2. The molecule has 0 saturated carbocycles. The number of rotatable bonds is 6. The second-order valence-electron chi connectivity index (χ2n) is 8.97. The molecule has 9 nitrogen and oxygen atoms in total. The van der Waals surface area contributed by atoms with Crippen LogP contribution in [0.25, 0.3) is 22.4 Å². The average molecular weight is 524 g/mol. The lowest BCUT2D eigenvalue weighted by Gasteiger charge is -2.41. The zero-order valence-corrected chi connectivity index (χ0v) is 20.4. The van der Waals surface area contributed by atoms with Crippen molar-refractivity contribution in [3.8, 4) is 11.4 Å². The molecule has 0 aliphatic carbocycles. The molecule has 2 amide bonds. The van der Waals surface area contributed by atoms with Crippen LogP contribution in [-0.2, 0) is 9.59 Å². The highest BCUT2D eigenvalue weighted by atomic mass is 35.5. The van der Waals surface area contributed by atoms with Gasteiger partial charge in [-0.15, -0.1) is 0 Å². The largest absolute Gasteiger partial charge is 0.405 e. The Balaban J connectivity index is 1.64. The number of aromatic amines is 1. The summed E-state index contributed by atoms with van der Waals surface area (Å²) in [6.45, 7) is 2.80. The van der Waals surface area contributed by atoms with Crippen molar-refractivity contribution in [1.82, 2.24) is 30.2 Å². The van der Waals surface area contributed by atoms with Crippen LogP contribution in [0.15, 0.2) is 30.7 Å². The maximum absolute atomic E-state index is 12.9. The first-order valence-electron chi connectivity index (χ1n) is 11.4. The fourth-order valence-corrected chi connectivity index (χ4v) is 4.25. The number of piperazine rings is 1. The number of nitrogens with zero attached hydrogens (tertiary/aromatic N) is 5. The van der Waals surface area contributed by atoms with Gasteiger partial charge >= 0.3 is 6.18 Å². The van der Waals surface area contributed by atoms with Gasteiger partial charge in [0.1, 0.15) is 24.1 Å². The van der Waals surface area contributed by atoms with Crippen LogP contribution in [0.2, 0.25) is 5.02 Å². The lowest BCUT2D eigenvalue weighted by molar-refractivity contribution is -0.141. The molecule has 1 saturated heterocycles. The second kappa shape index (κ2) is 10.3. The molecule has 36 heavy (non-hydrogen) atoms. The maximum Gasteiger partial charge on any atom is 0.405 e. The highest BCUT2D eigenvalue weighted by molar-refractivity contribution is 6.31. The highest BCUT2D eigenvalue weighted by Gasteiger charge is 2.37. The van der Waals surface area contributed by atoms with Gasteiger partial charge in [-0.05, 0) is 18.1 Å². The third kappa shape index (κ3) is 5.86. The SMILES string of the molecule is CC(C)CC(=O)N1CCN(c2ccnc(-c3c[nH]c4ncc(Cl)cc34)n2)[C@@H](C(=O)NCC(F)(F)F)C1. The summed E-state index contributed by atoms with van der Waals surface area (Å²) in [5.41, 5.74) is 1.22. The van der Waals surface area contributed by atoms with Gasteiger partial charge in [-0.3, -0.25) is 9.59 Å². The summed E-state index contributed by atoms with van der Waals surface area (Å²) in [6.07, 6.45) is 0.422. The van der Waals surface area contributed by atoms with Crippen molar-refractivity contribution >= 4 is 40.3 Å². The van der Waals surface area contributed by atoms with E-state index in [4.69, 9.17) is 11.6 Å². The minimum Gasteiger partial charge on any atom is -0.345 e. The zero-order valence-electron chi connectivity index (χ0n) is 19.6. The number of carbonyl (C=O) groups is 2. The molecule has 0 aromatic carbocycles. The van der Waals surface area contributed by atoms with Gasteiger partial charge < -0.3 is 20.1 Å². The molecule has 13 heteroatoms. The molecule has 1 atom stereocenters. The van der Waals surface area contributed by atoms with E-state index in [2.05, 4.69) is 19.9 Å². The van der Waals surface area contributed by atoms with Gasteiger partial charge in [-0.25, -0.2) is 15.0 Å². The highest BCUT2D eigenvalue weighted by Crippen LogP contribution is 2.29. The van der Waals surface area contributed by atoms with E-state index in [-0.39, 0.29) is 31.3 Å². The van der Waals surface area contributed by atoms with Crippen molar-refractivity contribution in [3.05, 3.63) is 35.7 Å². The lowest BCUT2D eigenvalue weighted by Crippen LogP contribution is -2.61. The lowest BCUT2D eigenvalue weighted by atomic mass is 10.1. The standard InChI is InChI=1S/C23H25ClF3N7O2/c1-13(2)7-19(35)33-5-6-34(17(11-33)22(36)31-12-23(25,26)27)18-3-4-28-21(32-18)16-10-30-20-15(16)8-14(24)9-29-20/h3-4,8-10,13,17H,5-7,11-12H2,1-2H3,(H,29,30)(H,31,36)/t17-/m1/s1. The van der Waals surface area contributed by atoms with Gasteiger partial charge in [-0.1, -0.05) is 25.4 Å². The number of fused-ring (bicyclic) bond motifs is 1. The summed E-state index contributed by atoms with van der Waals surface area (Å²) < 4.78 is 38.4. The smallest absolute Gasteiger partial charge is 0.345 e. The predicted molar refractivity (Wildman–Crippen MR) is 128 cm³/mol.